The Balaban J connectivity index is 1.54. The quantitative estimate of drug-likeness (QED) is 0.672. The second kappa shape index (κ2) is 7.20. The number of amides is 2. The van der Waals surface area contributed by atoms with Crippen LogP contribution in [0.2, 0.25) is 0 Å². The number of piperazine rings is 1. The minimum Gasteiger partial charge on any atom is -0.351 e. The molecule has 2 N–H and O–H groups in total. The third-order valence-electron chi connectivity index (χ3n) is 6.56. The lowest BCUT2D eigenvalue weighted by Gasteiger charge is -2.32. The predicted molar refractivity (Wildman–Crippen MR) is 120 cm³/mol. The van der Waals surface area contributed by atoms with Crippen molar-refractivity contribution in [3.63, 3.8) is 0 Å². The van der Waals surface area contributed by atoms with Crippen LogP contribution < -0.4 is 5.32 Å². The van der Waals surface area contributed by atoms with E-state index < -0.39 is 0 Å². The van der Waals surface area contributed by atoms with Crippen LogP contribution in [0.25, 0.3) is 22.2 Å². The van der Waals surface area contributed by atoms with E-state index in [1.807, 2.05) is 29.3 Å². The lowest BCUT2D eigenvalue weighted by Crippen LogP contribution is -2.47. The molecule has 1 fully saturated rings. The number of benzene rings is 1. The Kier molecular flexibility index (Phi) is 4.59. The highest BCUT2D eigenvalue weighted by molar-refractivity contribution is 6.02. The molecule has 0 atom stereocenters. The van der Waals surface area contributed by atoms with E-state index in [1.54, 1.807) is 6.20 Å². The summed E-state index contributed by atoms with van der Waals surface area (Å²) in [6.45, 7) is 8.12. The molecule has 160 valence electrons. The number of nitrogens with zero attached hydrogens (tertiary/aromatic N) is 3. The highest BCUT2D eigenvalue weighted by Crippen LogP contribution is 2.35. The molecule has 0 bridgehead atoms. The van der Waals surface area contributed by atoms with Crippen LogP contribution in [-0.4, -0.2) is 71.4 Å². The van der Waals surface area contributed by atoms with Crippen molar-refractivity contribution in [1.82, 2.24) is 25.1 Å². The van der Waals surface area contributed by atoms with Gasteiger partial charge in [-0.25, -0.2) is 4.98 Å². The fraction of sp³-hybridized carbons (Fsp3) is 0.375. The zero-order valence-corrected chi connectivity index (χ0v) is 18.2. The number of fused-ring (bicyclic) bond motifs is 2. The molecule has 4 heterocycles. The lowest BCUT2D eigenvalue weighted by molar-refractivity contribution is 0.0663. The van der Waals surface area contributed by atoms with E-state index in [0.29, 0.717) is 12.1 Å². The molecule has 2 aromatic heterocycles. The number of aromatic amines is 1. The number of likely N-dealkylation sites (N-methyl/N-ethyl adjacent to an activating group) is 1. The van der Waals surface area contributed by atoms with Crippen LogP contribution in [0.5, 0.6) is 0 Å². The first kappa shape index (κ1) is 19.8. The van der Waals surface area contributed by atoms with E-state index in [-0.39, 0.29) is 17.2 Å². The summed E-state index contributed by atoms with van der Waals surface area (Å²) in [4.78, 5) is 37.2. The fourth-order valence-electron chi connectivity index (χ4n) is 4.51. The minimum absolute atomic E-state index is 0.0258. The van der Waals surface area contributed by atoms with Gasteiger partial charge in [0, 0.05) is 67.0 Å². The number of hydrogen-bond acceptors (Lipinski definition) is 4. The summed E-state index contributed by atoms with van der Waals surface area (Å²) < 4.78 is 0. The molecular formula is C24H27N5O2. The molecule has 5 rings (SSSR count). The van der Waals surface area contributed by atoms with Crippen LogP contribution in [-0.2, 0) is 5.41 Å². The zero-order valence-electron chi connectivity index (χ0n) is 18.2. The van der Waals surface area contributed by atoms with Gasteiger partial charge in [-0.1, -0.05) is 19.9 Å². The van der Waals surface area contributed by atoms with Crippen molar-refractivity contribution < 1.29 is 9.59 Å². The van der Waals surface area contributed by atoms with Crippen molar-refractivity contribution in [3.8, 4) is 11.1 Å². The Morgan fingerprint density at radius 1 is 1.10 bits per heavy atom. The SMILES string of the molecule is CN1CCN(C(=O)c2cnc3[nH]cc(-c4ccc5c(c4)C(C)(C)CNC5=O)c3c2)CC1. The van der Waals surface area contributed by atoms with Crippen LogP contribution >= 0.6 is 0 Å². The van der Waals surface area contributed by atoms with Crippen LogP contribution in [0.4, 0.5) is 0 Å². The lowest BCUT2D eigenvalue weighted by atomic mass is 9.78. The summed E-state index contributed by atoms with van der Waals surface area (Å²) in [7, 11) is 2.07. The van der Waals surface area contributed by atoms with Crippen LogP contribution in [0.15, 0.2) is 36.7 Å². The van der Waals surface area contributed by atoms with E-state index in [4.69, 9.17) is 0 Å². The number of pyridine rings is 1. The van der Waals surface area contributed by atoms with E-state index in [9.17, 15) is 9.59 Å². The van der Waals surface area contributed by atoms with E-state index in [2.05, 4.69) is 47.1 Å². The number of hydrogen-bond donors (Lipinski definition) is 2. The smallest absolute Gasteiger partial charge is 0.255 e. The number of carbonyl (C=O) groups is 2. The normalized spacial score (nSPS) is 18.7. The maximum atomic E-state index is 13.0. The van der Waals surface area contributed by atoms with Crippen molar-refractivity contribution in [2.24, 2.45) is 0 Å². The number of carbonyl (C=O) groups excluding carboxylic acids is 2. The van der Waals surface area contributed by atoms with E-state index in [0.717, 1.165) is 59.5 Å². The Bertz CT molecular complexity index is 1190. The molecule has 3 aromatic rings. The minimum atomic E-state index is -0.147. The Morgan fingerprint density at radius 3 is 2.65 bits per heavy atom. The number of rotatable bonds is 2. The van der Waals surface area contributed by atoms with Gasteiger partial charge >= 0.3 is 0 Å². The molecule has 0 aliphatic carbocycles. The third-order valence-corrected chi connectivity index (χ3v) is 6.56. The van der Waals surface area contributed by atoms with Crippen molar-refractivity contribution in [3.05, 3.63) is 53.3 Å². The van der Waals surface area contributed by atoms with Crippen molar-refractivity contribution >= 4 is 22.8 Å². The molecule has 1 aromatic carbocycles. The van der Waals surface area contributed by atoms with Gasteiger partial charge in [-0.3, -0.25) is 9.59 Å². The zero-order chi connectivity index (χ0) is 21.8. The predicted octanol–water partition coefficient (Wildman–Crippen LogP) is 2.64. The van der Waals surface area contributed by atoms with Gasteiger partial charge in [-0.05, 0) is 36.4 Å². The maximum Gasteiger partial charge on any atom is 0.255 e. The summed E-state index contributed by atoms with van der Waals surface area (Å²) in [6.07, 6.45) is 3.59. The van der Waals surface area contributed by atoms with Crippen molar-refractivity contribution in [1.29, 1.82) is 0 Å². The molecule has 31 heavy (non-hydrogen) atoms. The summed E-state index contributed by atoms with van der Waals surface area (Å²) in [5.74, 6) is -0.000534. The topological polar surface area (TPSA) is 81.3 Å². The van der Waals surface area contributed by atoms with E-state index >= 15 is 0 Å². The van der Waals surface area contributed by atoms with Crippen molar-refractivity contribution in [2.45, 2.75) is 19.3 Å². The summed E-state index contributed by atoms with van der Waals surface area (Å²) in [5.41, 5.74) is 4.98. The molecule has 0 radical (unpaired) electrons. The maximum absolute atomic E-state index is 13.0. The summed E-state index contributed by atoms with van der Waals surface area (Å²) in [5, 5.41) is 3.88. The molecule has 7 heteroatoms. The molecule has 2 amide bonds. The Hall–Kier alpha value is -3.19. The van der Waals surface area contributed by atoms with Gasteiger partial charge in [-0.2, -0.15) is 0 Å². The van der Waals surface area contributed by atoms with Gasteiger partial charge in [0.15, 0.2) is 0 Å². The number of H-pyrrole nitrogens is 1. The average Bonchev–Trinajstić information content (AvgIpc) is 3.20. The van der Waals surface area contributed by atoms with Crippen LogP contribution in [0.3, 0.4) is 0 Å². The largest absolute Gasteiger partial charge is 0.351 e. The first-order valence-corrected chi connectivity index (χ1v) is 10.7. The molecule has 1 saturated heterocycles. The van der Waals surface area contributed by atoms with Gasteiger partial charge in [0.2, 0.25) is 0 Å². The second-order valence-electron chi connectivity index (χ2n) is 9.24. The molecule has 0 unspecified atom stereocenters. The van der Waals surface area contributed by atoms with Crippen LogP contribution in [0.1, 0.15) is 40.1 Å². The van der Waals surface area contributed by atoms with Gasteiger partial charge in [-0.15, -0.1) is 0 Å². The van der Waals surface area contributed by atoms with Crippen molar-refractivity contribution in [2.75, 3.05) is 39.8 Å². The fourth-order valence-corrected chi connectivity index (χ4v) is 4.51. The summed E-state index contributed by atoms with van der Waals surface area (Å²) >= 11 is 0. The average molecular weight is 418 g/mol. The Morgan fingerprint density at radius 2 is 1.87 bits per heavy atom. The molecule has 2 aliphatic heterocycles. The van der Waals surface area contributed by atoms with Gasteiger partial charge < -0.3 is 20.1 Å². The first-order chi connectivity index (χ1) is 14.8. The molecular weight excluding hydrogens is 390 g/mol. The van der Waals surface area contributed by atoms with E-state index in [1.165, 1.54) is 0 Å². The van der Waals surface area contributed by atoms with Gasteiger partial charge in [0.05, 0.1) is 5.56 Å². The highest BCUT2D eigenvalue weighted by atomic mass is 16.2. The highest BCUT2D eigenvalue weighted by Gasteiger charge is 2.32. The third kappa shape index (κ3) is 3.39. The van der Waals surface area contributed by atoms with Gasteiger partial charge in [0.25, 0.3) is 11.8 Å². The standard InChI is InChI=1S/C24H27N5O2/c1-24(2)14-27-22(30)17-5-4-15(11-20(17)24)19-13-26-21-18(19)10-16(12-25-21)23(31)29-8-6-28(3)7-9-29/h4-5,10-13H,6-9,14H2,1-3H3,(H,25,26)(H,27,30). The number of nitrogens with one attached hydrogen (secondary N) is 2. The first-order valence-electron chi connectivity index (χ1n) is 10.7. The van der Waals surface area contributed by atoms with Crippen LogP contribution in [0, 0.1) is 0 Å². The summed E-state index contributed by atoms with van der Waals surface area (Å²) in [6, 6.07) is 7.90. The molecule has 0 saturated carbocycles. The molecule has 2 aliphatic rings. The monoisotopic (exact) mass is 417 g/mol. The van der Waals surface area contributed by atoms with Gasteiger partial charge in [0.1, 0.15) is 5.65 Å². The second-order valence-corrected chi connectivity index (χ2v) is 9.24. The molecule has 0 spiro atoms. The molecule has 7 nitrogen and oxygen atoms in total. The number of aromatic nitrogens is 2. The Labute approximate surface area is 181 Å².